The van der Waals surface area contributed by atoms with E-state index in [1.807, 2.05) is 38.1 Å². The van der Waals surface area contributed by atoms with Crippen LogP contribution in [-0.2, 0) is 0 Å². The number of hydrogen-bond donors (Lipinski definition) is 1. The van der Waals surface area contributed by atoms with Crippen LogP contribution >= 0.6 is 0 Å². The molecule has 0 spiro atoms. The van der Waals surface area contributed by atoms with Gasteiger partial charge in [-0.1, -0.05) is 61.3 Å². The fraction of sp³-hybridized carbons (Fsp3) is 0.292. The summed E-state index contributed by atoms with van der Waals surface area (Å²) in [6.45, 7) is 8.06. The van der Waals surface area contributed by atoms with Crippen LogP contribution in [0, 0.1) is 59.3 Å². The number of benzene rings is 2. The van der Waals surface area contributed by atoms with E-state index in [0.29, 0.717) is 11.6 Å². The van der Waals surface area contributed by atoms with E-state index in [9.17, 15) is 0 Å². The van der Waals surface area contributed by atoms with Gasteiger partial charge in [-0.25, -0.2) is 0 Å². The normalized spacial score (nSPS) is 19.1. The van der Waals surface area contributed by atoms with Crippen molar-refractivity contribution in [3.63, 3.8) is 0 Å². The van der Waals surface area contributed by atoms with Gasteiger partial charge in [0, 0.05) is 71.0 Å². The van der Waals surface area contributed by atoms with Crippen LogP contribution in [-0.4, -0.2) is 16.6 Å². The predicted molar refractivity (Wildman–Crippen MR) is 114 cm³/mol. The van der Waals surface area contributed by atoms with Crippen molar-refractivity contribution >= 4 is 22.7 Å². The maximum Gasteiger partial charge on any atom is 0.0858 e. The molecule has 0 fully saturated rings. The Kier molecular flexibility index (Phi) is 8.60. The Morgan fingerprint density at radius 3 is 2.46 bits per heavy atom. The second kappa shape index (κ2) is 10.5. The molecule has 3 nitrogen and oxygen atoms in total. The first-order valence-corrected chi connectivity index (χ1v) is 9.68. The zero-order chi connectivity index (χ0) is 19.4. The van der Waals surface area contributed by atoms with Gasteiger partial charge in [-0.3, -0.25) is 4.99 Å². The third kappa shape index (κ3) is 4.64. The number of aliphatic imine (C=N–C) groups is 1. The topological polar surface area (TPSA) is 45.0 Å². The molecule has 0 amide bonds. The van der Waals surface area contributed by atoms with E-state index in [0.717, 1.165) is 24.1 Å². The van der Waals surface area contributed by atoms with Gasteiger partial charge in [-0.15, -0.1) is 17.7 Å². The summed E-state index contributed by atoms with van der Waals surface area (Å²) in [4.78, 5) is 4.93. The molecular formula is C24H27N2OYb-. The standard InChI is InChI=1S/C22H21N2O.C2H6.Yb/c1-14-11-16-7-3-4-9-19(16)21-13-17(12-20(14)21)23-22-10-6-5-8-18(22)15(2)24-25;1-2;/h3-11,14,25H,12-13H2,1-2H3;1-2H3;/q-1;;. The molecule has 1 N–H and O–H groups in total. The first kappa shape index (κ1) is 23.0. The minimum Gasteiger partial charge on any atom is -0.411 e. The molecule has 2 aliphatic rings. The number of rotatable bonds is 2. The minimum atomic E-state index is 0. The first-order valence-electron chi connectivity index (χ1n) is 9.68. The van der Waals surface area contributed by atoms with E-state index in [1.165, 1.54) is 28.0 Å². The molecule has 1 atom stereocenters. The Balaban J connectivity index is 0.000000906. The van der Waals surface area contributed by atoms with Crippen LogP contribution in [0.25, 0.3) is 5.57 Å². The number of fused-ring (bicyclic) bond motifs is 2. The summed E-state index contributed by atoms with van der Waals surface area (Å²) in [5.74, 6) is 0.452. The molecule has 2 aromatic rings. The molecule has 0 aromatic heterocycles. The van der Waals surface area contributed by atoms with Crippen LogP contribution in [0.2, 0.25) is 0 Å². The van der Waals surface area contributed by atoms with E-state index >= 15 is 0 Å². The average Bonchev–Trinajstić information content (AvgIpc) is 3.14. The van der Waals surface area contributed by atoms with Crippen LogP contribution < -0.4 is 0 Å². The van der Waals surface area contributed by atoms with Crippen molar-refractivity contribution in [2.75, 3.05) is 0 Å². The van der Waals surface area contributed by atoms with Crippen molar-refractivity contribution in [1.82, 2.24) is 0 Å². The SMILES string of the molecule is CC.CC(=NO)c1ccccc1N=C1CC2=C(C1)C(C)[CH-]c1ccccc12.[Yb]. The molecule has 0 saturated carbocycles. The molecular weight excluding hydrogens is 505 g/mol. The predicted octanol–water partition coefficient (Wildman–Crippen LogP) is 6.43. The maximum absolute atomic E-state index is 9.11. The van der Waals surface area contributed by atoms with Crippen LogP contribution in [0.1, 0.15) is 57.2 Å². The second-order valence-electron chi connectivity index (χ2n) is 6.78. The summed E-state index contributed by atoms with van der Waals surface area (Å²) >= 11 is 0. The van der Waals surface area contributed by atoms with Crippen molar-refractivity contribution in [1.29, 1.82) is 0 Å². The van der Waals surface area contributed by atoms with Crippen molar-refractivity contribution in [2.24, 2.45) is 16.1 Å². The van der Waals surface area contributed by atoms with E-state index < -0.39 is 0 Å². The summed E-state index contributed by atoms with van der Waals surface area (Å²) in [5.41, 5.74) is 9.13. The van der Waals surface area contributed by atoms with E-state index in [-0.39, 0.29) is 46.9 Å². The quantitative estimate of drug-likeness (QED) is 0.206. The summed E-state index contributed by atoms with van der Waals surface area (Å²) in [5, 5.41) is 12.5. The van der Waals surface area contributed by atoms with Gasteiger partial charge in [-0.05, 0) is 18.9 Å². The smallest absolute Gasteiger partial charge is 0.0858 e. The van der Waals surface area contributed by atoms with Crippen LogP contribution in [0.3, 0.4) is 0 Å². The molecule has 0 aliphatic heterocycles. The molecule has 4 heteroatoms. The molecule has 0 bridgehead atoms. The number of oxime groups is 1. The summed E-state index contributed by atoms with van der Waals surface area (Å²) in [6.07, 6.45) is 4.17. The number of allylic oxidation sites excluding steroid dienone is 2. The second-order valence-corrected chi connectivity index (χ2v) is 6.78. The van der Waals surface area contributed by atoms with E-state index in [2.05, 4.69) is 42.8 Å². The largest absolute Gasteiger partial charge is 0.411 e. The fourth-order valence-electron chi connectivity index (χ4n) is 3.88. The maximum atomic E-state index is 9.11. The van der Waals surface area contributed by atoms with Gasteiger partial charge in [0.15, 0.2) is 0 Å². The molecule has 154 valence electrons. The molecule has 0 saturated heterocycles. The Morgan fingerprint density at radius 2 is 1.71 bits per heavy atom. The average molecular weight is 533 g/mol. The third-order valence-electron chi connectivity index (χ3n) is 5.15. The van der Waals surface area contributed by atoms with Crippen molar-refractivity contribution < 1.29 is 52.1 Å². The van der Waals surface area contributed by atoms with Crippen molar-refractivity contribution in [3.05, 3.63) is 77.2 Å². The monoisotopic (exact) mass is 533 g/mol. The van der Waals surface area contributed by atoms with Crippen LogP contribution in [0.15, 0.2) is 64.3 Å². The van der Waals surface area contributed by atoms with Gasteiger partial charge in [-0.2, -0.15) is 18.1 Å². The van der Waals surface area contributed by atoms with Crippen molar-refractivity contribution in [2.45, 2.75) is 40.5 Å². The molecule has 28 heavy (non-hydrogen) atoms. The van der Waals surface area contributed by atoms with Gasteiger partial charge >= 0.3 is 0 Å². The summed E-state index contributed by atoms with van der Waals surface area (Å²) in [6, 6.07) is 16.5. The fourth-order valence-corrected chi connectivity index (χ4v) is 3.88. The van der Waals surface area contributed by atoms with Crippen molar-refractivity contribution in [3.8, 4) is 0 Å². The number of nitrogens with zero attached hydrogens (tertiary/aromatic N) is 2. The van der Waals surface area contributed by atoms with Gasteiger partial charge in [0.05, 0.1) is 11.4 Å². The Hall–Kier alpha value is -1.29. The zero-order valence-corrected chi connectivity index (χ0v) is 18.5. The molecule has 1 unspecified atom stereocenters. The molecule has 4 rings (SSSR count). The number of hydrogen-bond acceptors (Lipinski definition) is 3. The zero-order valence-electron chi connectivity index (χ0n) is 16.8. The van der Waals surface area contributed by atoms with Gasteiger partial charge < -0.3 is 5.21 Å². The van der Waals surface area contributed by atoms with E-state index in [4.69, 9.17) is 10.2 Å². The van der Waals surface area contributed by atoms with Gasteiger partial charge in [0.2, 0.25) is 0 Å². The Morgan fingerprint density at radius 1 is 1.04 bits per heavy atom. The van der Waals surface area contributed by atoms with Crippen LogP contribution in [0.5, 0.6) is 0 Å². The van der Waals surface area contributed by atoms with Gasteiger partial charge in [0.25, 0.3) is 0 Å². The molecule has 0 radical (unpaired) electrons. The Bertz CT molecular complexity index is 928. The first-order chi connectivity index (χ1) is 13.2. The van der Waals surface area contributed by atoms with Crippen LogP contribution in [0.4, 0.5) is 5.69 Å². The molecule has 2 aromatic carbocycles. The minimum absolute atomic E-state index is 0. The molecule has 2 aliphatic carbocycles. The Labute approximate surface area is 206 Å². The number of para-hydroxylation sites is 1. The summed E-state index contributed by atoms with van der Waals surface area (Å²) < 4.78 is 0. The summed E-state index contributed by atoms with van der Waals surface area (Å²) in [7, 11) is 0. The van der Waals surface area contributed by atoms with E-state index in [1.54, 1.807) is 6.92 Å². The van der Waals surface area contributed by atoms with Gasteiger partial charge in [0.1, 0.15) is 0 Å². The molecule has 0 heterocycles. The third-order valence-corrected chi connectivity index (χ3v) is 5.15.